The van der Waals surface area contributed by atoms with Crippen LogP contribution in [0.4, 0.5) is 5.82 Å². The van der Waals surface area contributed by atoms with Crippen molar-refractivity contribution in [3.8, 4) is 0 Å². The summed E-state index contributed by atoms with van der Waals surface area (Å²) in [6.07, 6.45) is 7.94. The average molecular weight is 389 g/mol. The number of allylic oxidation sites excluding steroid dienone is 4. The summed E-state index contributed by atoms with van der Waals surface area (Å²) < 4.78 is 24.6. The molecule has 6 nitrogen and oxygen atoms in total. The third-order valence-electron chi connectivity index (χ3n) is 3.45. The Morgan fingerprint density at radius 1 is 1.29 bits per heavy atom. The third-order valence-corrected chi connectivity index (χ3v) is 5.21. The zero-order chi connectivity index (χ0) is 17.7. The maximum Gasteiger partial charge on any atom is 0.224 e. The monoisotopic (exact) mass is 388 g/mol. The van der Waals surface area contributed by atoms with Gasteiger partial charge in [-0.1, -0.05) is 30.3 Å². The van der Waals surface area contributed by atoms with Crippen molar-refractivity contribution in [2.45, 2.75) is 0 Å². The highest BCUT2D eigenvalue weighted by Gasteiger charge is 2.24. The number of anilines is 1. The molecule has 1 fully saturated rings. The van der Waals surface area contributed by atoms with Gasteiger partial charge in [0.05, 0.1) is 11.9 Å². The lowest BCUT2D eigenvalue weighted by Crippen LogP contribution is -2.48. The van der Waals surface area contributed by atoms with Gasteiger partial charge in [-0.25, -0.2) is 18.4 Å². The van der Waals surface area contributed by atoms with Crippen molar-refractivity contribution in [3.05, 3.63) is 46.9 Å². The summed E-state index contributed by atoms with van der Waals surface area (Å²) in [5.41, 5.74) is 0.639. The van der Waals surface area contributed by atoms with Crippen molar-refractivity contribution < 1.29 is 8.42 Å². The molecule has 130 valence electrons. The van der Waals surface area contributed by atoms with Crippen LogP contribution in [0.5, 0.6) is 0 Å². The molecule has 0 N–H and O–H groups in total. The van der Waals surface area contributed by atoms with Gasteiger partial charge in [0.15, 0.2) is 0 Å². The van der Waals surface area contributed by atoms with E-state index in [-0.39, 0.29) is 5.28 Å². The highest BCUT2D eigenvalue weighted by molar-refractivity contribution is 7.88. The van der Waals surface area contributed by atoms with Gasteiger partial charge in [0.2, 0.25) is 15.3 Å². The predicted molar refractivity (Wildman–Crippen MR) is 98.8 cm³/mol. The van der Waals surface area contributed by atoms with Crippen LogP contribution in [-0.2, 0) is 10.0 Å². The van der Waals surface area contributed by atoms with Gasteiger partial charge < -0.3 is 4.90 Å². The van der Waals surface area contributed by atoms with E-state index in [4.69, 9.17) is 23.2 Å². The molecule has 1 aliphatic heterocycles. The first-order chi connectivity index (χ1) is 11.3. The van der Waals surface area contributed by atoms with Crippen molar-refractivity contribution in [3.63, 3.8) is 0 Å². The Morgan fingerprint density at radius 3 is 2.54 bits per heavy atom. The molecular formula is C15H18Cl2N4O2S. The van der Waals surface area contributed by atoms with Crippen LogP contribution in [0.25, 0.3) is 6.08 Å². The minimum Gasteiger partial charge on any atom is -0.354 e. The van der Waals surface area contributed by atoms with Crippen LogP contribution in [0, 0.1) is 0 Å². The van der Waals surface area contributed by atoms with Gasteiger partial charge in [0, 0.05) is 37.3 Å². The molecule has 0 amide bonds. The zero-order valence-corrected chi connectivity index (χ0v) is 15.5. The standard InChI is InChI=1S/C15H18Cl2N4O2S/c1-3-12(16)5-4-6-13-11-14(19-15(17)18-13)20-7-9-21(10-8-20)24(2,22)23/h3-6,11H,1,7-10H2,2H3/b6-4+,12-5+. The van der Waals surface area contributed by atoms with Gasteiger partial charge in [-0.2, -0.15) is 4.31 Å². The van der Waals surface area contributed by atoms with Crippen molar-refractivity contribution in [1.82, 2.24) is 14.3 Å². The van der Waals surface area contributed by atoms with Crippen molar-refractivity contribution in [1.29, 1.82) is 0 Å². The molecule has 0 unspecified atom stereocenters. The van der Waals surface area contributed by atoms with E-state index in [0.717, 1.165) is 0 Å². The Kier molecular flexibility index (Phi) is 6.40. The van der Waals surface area contributed by atoms with Crippen LogP contribution in [-0.4, -0.2) is 55.1 Å². The van der Waals surface area contributed by atoms with Gasteiger partial charge >= 0.3 is 0 Å². The Hall–Kier alpha value is -1.41. The largest absolute Gasteiger partial charge is 0.354 e. The fourth-order valence-electron chi connectivity index (χ4n) is 2.23. The topological polar surface area (TPSA) is 66.4 Å². The Balaban J connectivity index is 2.13. The number of rotatable bonds is 5. The number of aromatic nitrogens is 2. The van der Waals surface area contributed by atoms with Crippen LogP contribution in [0.2, 0.25) is 5.28 Å². The molecule has 1 aromatic rings. The molecule has 9 heteroatoms. The zero-order valence-electron chi connectivity index (χ0n) is 13.2. The van der Waals surface area contributed by atoms with Crippen LogP contribution < -0.4 is 4.90 Å². The second-order valence-electron chi connectivity index (χ2n) is 5.18. The van der Waals surface area contributed by atoms with Gasteiger partial charge in [-0.05, 0) is 23.8 Å². The minimum absolute atomic E-state index is 0.136. The molecule has 0 radical (unpaired) electrons. The van der Waals surface area contributed by atoms with E-state index in [2.05, 4.69) is 16.5 Å². The van der Waals surface area contributed by atoms with Gasteiger partial charge in [-0.15, -0.1) is 0 Å². The highest BCUT2D eigenvalue weighted by Crippen LogP contribution is 2.19. The average Bonchev–Trinajstić information content (AvgIpc) is 2.53. The minimum atomic E-state index is -3.16. The predicted octanol–water partition coefficient (Wildman–Crippen LogP) is 2.53. The van der Waals surface area contributed by atoms with Crippen molar-refractivity contribution in [2.24, 2.45) is 0 Å². The SMILES string of the molecule is C=C/C(Cl)=C\C=C\c1cc(N2CCN(S(C)(=O)=O)CC2)nc(Cl)n1. The molecule has 0 atom stereocenters. The Morgan fingerprint density at radius 2 is 1.96 bits per heavy atom. The summed E-state index contributed by atoms with van der Waals surface area (Å²) in [6, 6.07) is 1.80. The lowest BCUT2D eigenvalue weighted by atomic mass is 10.3. The molecule has 0 aliphatic carbocycles. The molecule has 1 aromatic heterocycles. The molecule has 0 bridgehead atoms. The number of sulfonamides is 1. The summed E-state index contributed by atoms with van der Waals surface area (Å²) in [4.78, 5) is 10.4. The lowest BCUT2D eigenvalue weighted by molar-refractivity contribution is 0.387. The Labute approximate surface area is 152 Å². The van der Waals surface area contributed by atoms with E-state index in [1.807, 2.05) is 4.90 Å². The van der Waals surface area contributed by atoms with Crippen molar-refractivity contribution in [2.75, 3.05) is 37.3 Å². The van der Waals surface area contributed by atoms with Crippen LogP contribution >= 0.6 is 23.2 Å². The quantitative estimate of drug-likeness (QED) is 0.572. The molecule has 1 aliphatic rings. The highest BCUT2D eigenvalue weighted by atomic mass is 35.5. The van der Waals surface area contributed by atoms with Gasteiger partial charge in [0.1, 0.15) is 5.82 Å². The molecule has 0 saturated carbocycles. The first-order valence-corrected chi connectivity index (χ1v) is 9.81. The lowest BCUT2D eigenvalue weighted by Gasteiger charge is -2.34. The molecule has 24 heavy (non-hydrogen) atoms. The normalized spacial score (nSPS) is 17.5. The van der Waals surface area contributed by atoms with Crippen LogP contribution in [0.3, 0.4) is 0 Å². The fourth-order valence-corrected chi connectivity index (χ4v) is 3.31. The third kappa shape index (κ3) is 5.31. The fraction of sp³-hybridized carbons (Fsp3) is 0.333. The summed E-state index contributed by atoms with van der Waals surface area (Å²) in [6.45, 7) is 5.50. The Bertz CT molecular complexity index is 770. The van der Waals surface area contributed by atoms with Gasteiger partial charge in [0.25, 0.3) is 0 Å². The number of nitrogens with zero attached hydrogens (tertiary/aromatic N) is 4. The van der Waals surface area contributed by atoms with E-state index in [9.17, 15) is 8.42 Å². The molecular weight excluding hydrogens is 371 g/mol. The molecule has 1 saturated heterocycles. The molecule has 2 rings (SSSR count). The first kappa shape index (κ1) is 18.9. The number of hydrogen-bond acceptors (Lipinski definition) is 5. The summed E-state index contributed by atoms with van der Waals surface area (Å²) in [5.74, 6) is 0.668. The molecule has 0 aromatic carbocycles. The second kappa shape index (κ2) is 8.11. The smallest absolute Gasteiger partial charge is 0.224 e. The second-order valence-corrected chi connectivity index (χ2v) is 7.94. The van der Waals surface area contributed by atoms with E-state index in [1.165, 1.54) is 16.6 Å². The number of hydrogen-bond donors (Lipinski definition) is 0. The summed E-state index contributed by atoms with van der Waals surface area (Å²) >= 11 is 11.8. The first-order valence-electron chi connectivity index (χ1n) is 7.20. The van der Waals surface area contributed by atoms with Crippen molar-refractivity contribution >= 4 is 45.1 Å². The maximum absolute atomic E-state index is 11.6. The molecule has 0 spiro atoms. The number of piperazine rings is 1. The van der Waals surface area contributed by atoms with E-state index in [0.29, 0.717) is 42.7 Å². The van der Waals surface area contributed by atoms with Crippen LogP contribution in [0.1, 0.15) is 5.69 Å². The van der Waals surface area contributed by atoms with Crippen LogP contribution in [0.15, 0.2) is 35.9 Å². The van der Waals surface area contributed by atoms with E-state index < -0.39 is 10.0 Å². The summed E-state index contributed by atoms with van der Waals surface area (Å²) in [5, 5.41) is 0.653. The van der Waals surface area contributed by atoms with E-state index in [1.54, 1.807) is 24.3 Å². The number of halogens is 2. The molecule has 2 heterocycles. The van der Waals surface area contributed by atoms with E-state index >= 15 is 0 Å². The summed E-state index contributed by atoms with van der Waals surface area (Å²) in [7, 11) is -3.16. The van der Waals surface area contributed by atoms with Gasteiger partial charge in [-0.3, -0.25) is 0 Å². The maximum atomic E-state index is 11.6.